The van der Waals surface area contributed by atoms with Crippen molar-refractivity contribution in [1.82, 2.24) is 0 Å². The molecule has 2 atom stereocenters. The van der Waals surface area contributed by atoms with Gasteiger partial charge in [0.05, 0.1) is 6.10 Å². The first-order valence-electron chi connectivity index (χ1n) is 4.71. The van der Waals surface area contributed by atoms with Crippen molar-refractivity contribution in [3.05, 3.63) is 12.2 Å². The van der Waals surface area contributed by atoms with E-state index < -0.39 is 6.10 Å². The van der Waals surface area contributed by atoms with Crippen LogP contribution in [-0.2, 0) is 4.79 Å². The first-order valence-corrected chi connectivity index (χ1v) is 5.15. The molecule has 1 N–H and O–H groups in total. The normalized spacial score (nSPS) is 16.0. The summed E-state index contributed by atoms with van der Waals surface area (Å²) in [6, 6.07) is 0. The van der Waals surface area contributed by atoms with Crippen LogP contribution in [0.4, 0.5) is 0 Å². The summed E-state index contributed by atoms with van der Waals surface area (Å²) in [6.45, 7) is 4.13. The SMILES string of the molecule is CCCC(CC)C(O)/C=C/C(=O)S. The third-order valence-corrected chi connectivity index (χ3v) is 2.25. The van der Waals surface area contributed by atoms with E-state index in [1.54, 1.807) is 0 Å². The lowest BCUT2D eigenvalue weighted by atomic mass is 9.94. The first-order chi connectivity index (χ1) is 6.11. The maximum atomic E-state index is 10.5. The van der Waals surface area contributed by atoms with Gasteiger partial charge in [0.1, 0.15) is 0 Å². The summed E-state index contributed by atoms with van der Waals surface area (Å²) in [5, 5.41) is 9.30. The lowest BCUT2D eigenvalue weighted by molar-refractivity contribution is -0.106. The predicted molar refractivity (Wildman–Crippen MR) is 57.8 cm³/mol. The molecule has 0 aliphatic rings. The summed E-state index contributed by atoms with van der Waals surface area (Å²) in [7, 11) is 0. The van der Waals surface area contributed by atoms with Crippen LogP contribution < -0.4 is 0 Å². The number of aliphatic hydroxyl groups is 1. The lowest BCUT2D eigenvalue weighted by Gasteiger charge is -2.17. The van der Waals surface area contributed by atoms with Gasteiger partial charge in [-0.3, -0.25) is 4.79 Å². The Morgan fingerprint density at radius 2 is 2.15 bits per heavy atom. The molecule has 0 aromatic rings. The molecule has 0 radical (unpaired) electrons. The van der Waals surface area contributed by atoms with Crippen molar-refractivity contribution in [3.8, 4) is 0 Å². The number of carbonyl (C=O) groups is 1. The smallest absolute Gasteiger partial charge is 0.208 e. The highest BCUT2D eigenvalue weighted by Gasteiger charge is 2.13. The van der Waals surface area contributed by atoms with Gasteiger partial charge in [0, 0.05) is 0 Å². The zero-order valence-corrected chi connectivity index (χ0v) is 9.13. The average molecular weight is 202 g/mol. The van der Waals surface area contributed by atoms with Gasteiger partial charge in [-0.2, -0.15) is 0 Å². The summed E-state index contributed by atoms with van der Waals surface area (Å²) >= 11 is 3.59. The van der Waals surface area contributed by atoms with Crippen LogP contribution in [0.3, 0.4) is 0 Å². The Hall–Kier alpha value is -0.280. The van der Waals surface area contributed by atoms with Crippen LogP contribution in [0.2, 0.25) is 0 Å². The number of hydrogen-bond acceptors (Lipinski definition) is 2. The second kappa shape index (κ2) is 7.15. The summed E-state index contributed by atoms with van der Waals surface area (Å²) < 4.78 is 0. The lowest BCUT2D eigenvalue weighted by Crippen LogP contribution is -2.17. The Labute approximate surface area is 85.4 Å². The molecule has 0 heterocycles. The van der Waals surface area contributed by atoms with Crippen LogP contribution in [0.5, 0.6) is 0 Å². The molecule has 0 aliphatic heterocycles. The zero-order chi connectivity index (χ0) is 10.3. The largest absolute Gasteiger partial charge is 0.389 e. The molecule has 2 unspecified atom stereocenters. The van der Waals surface area contributed by atoms with Gasteiger partial charge in [0.25, 0.3) is 0 Å². The van der Waals surface area contributed by atoms with E-state index in [0.717, 1.165) is 19.3 Å². The predicted octanol–water partition coefficient (Wildman–Crippen LogP) is 2.19. The fourth-order valence-corrected chi connectivity index (χ4v) is 1.41. The van der Waals surface area contributed by atoms with E-state index in [1.165, 1.54) is 12.2 Å². The molecule has 0 spiro atoms. The third kappa shape index (κ3) is 5.88. The summed E-state index contributed by atoms with van der Waals surface area (Å²) in [4.78, 5) is 10.5. The maximum absolute atomic E-state index is 10.5. The molecule has 0 saturated heterocycles. The van der Waals surface area contributed by atoms with E-state index in [4.69, 9.17) is 0 Å². The maximum Gasteiger partial charge on any atom is 0.208 e. The van der Waals surface area contributed by atoms with E-state index in [9.17, 15) is 9.90 Å². The highest BCUT2D eigenvalue weighted by Crippen LogP contribution is 2.16. The summed E-state index contributed by atoms with van der Waals surface area (Å²) in [5.74, 6) is 0.258. The van der Waals surface area contributed by atoms with Crippen molar-refractivity contribution >= 4 is 17.7 Å². The fraction of sp³-hybridized carbons (Fsp3) is 0.700. The number of carbonyl (C=O) groups excluding carboxylic acids is 1. The quantitative estimate of drug-likeness (QED) is 0.512. The Kier molecular flexibility index (Phi) is 7.00. The van der Waals surface area contributed by atoms with E-state index >= 15 is 0 Å². The molecular weight excluding hydrogens is 184 g/mol. The van der Waals surface area contributed by atoms with Crippen LogP contribution in [0.1, 0.15) is 33.1 Å². The Bertz CT molecular complexity index is 178. The molecule has 0 saturated carbocycles. The summed E-state index contributed by atoms with van der Waals surface area (Å²) in [6.07, 6.45) is 5.30. The average Bonchev–Trinajstić information content (AvgIpc) is 2.10. The van der Waals surface area contributed by atoms with Gasteiger partial charge in [-0.05, 0) is 18.4 Å². The highest BCUT2D eigenvalue weighted by molar-refractivity contribution is 7.97. The van der Waals surface area contributed by atoms with Gasteiger partial charge in [-0.15, -0.1) is 12.6 Å². The molecule has 2 nitrogen and oxygen atoms in total. The molecule has 0 rings (SSSR count). The second-order valence-electron chi connectivity index (χ2n) is 3.14. The van der Waals surface area contributed by atoms with Crippen molar-refractivity contribution in [2.45, 2.75) is 39.2 Å². The molecule has 0 amide bonds. The Morgan fingerprint density at radius 3 is 2.54 bits per heavy atom. The minimum atomic E-state index is -0.513. The molecule has 0 bridgehead atoms. The topological polar surface area (TPSA) is 37.3 Å². The first kappa shape index (κ1) is 12.7. The van der Waals surface area contributed by atoms with Gasteiger partial charge < -0.3 is 5.11 Å². The van der Waals surface area contributed by atoms with Crippen molar-refractivity contribution < 1.29 is 9.90 Å². The number of rotatable bonds is 6. The van der Waals surface area contributed by atoms with Crippen LogP contribution in [0.25, 0.3) is 0 Å². The van der Waals surface area contributed by atoms with Crippen molar-refractivity contribution in [2.75, 3.05) is 0 Å². The highest BCUT2D eigenvalue weighted by atomic mass is 32.1. The second-order valence-corrected chi connectivity index (χ2v) is 3.59. The van der Waals surface area contributed by atoms with Crippen molar-refractivity contribution in [2.24, 2.45) is 5.92 Å². The van der Waals surface area contributed by atoms with Crippen molar-refractivity contribution in [3.63, 3.8) is 0 Å². The molecule has 3 heteroatoms. The molecule has 0 fully saturated rings. The molecule has 0 aromatic carbocycles. The van der Waals surface area contributed by atoms with Gasteiger partial charge in [0.15, 0.2) is 0 Å². The molecular formula is C10H18O2S. The molecule has 76 valence electrons. The Balaban J connectivity index is 4.04. The number of hydrogen-bond donors (Lipinski definition) is 2. The van der Waals surface area contributed by atoms with Crippen LogP contribution in [-0.4, -0.2) is 16.3 Å². The van der Waals surface area contributed by atoms with Crippen molar-refractivity contribution in [1.29, 1.82) is 0 Å². The van der Waals surface area contributed by atoms with Gasteiger partial charge in [-0.25, -0.2) is 0 Å². The van der Waals surface area contributed by atoms with E-state index in [0.29, 0.717) is 0 Å². The van der Waals surface area contributed by atoms with Gasteiger partial charge >= 0.3 is 0 Å². The molecule has 0 aliphatic carbocycles. The molecule has 13 heavy (non-hydrogen) atoms. The molecule has 0 aromatic heterocycles. The van der Waals surface area contributed by atoms with E-state index in [2.05, 4.69) is 19.6 Å². The standard InChI is InChI=1S/C10H18O2S/c1-3-5-8(4-2)9(11)6-7-10(12)13/h6-9,11H,3-5H2,1-2H3,(H,12,13)/b7-6+. The van der Waals surface area contributed by atoms with E-state index in [-0.39, 0.29) is 11.0 Å². The monoisotopic (exact) mass is 202 g/mol. The third-order valence-electron chi connectivity index (χ3n) is 2.10. The minimum Gasteiger partial charge on any atom is -0.389 e. The number of thiol groups is 1. The zero-order valence-electron chi connectivity index (χ0n) is 8.23. The van der Waals surface area contributed by atoms with Crippen LogP contribution >= 0.6 is 12.6 Å². The van der Waals surface area contributed by atoms with E-state index in [1.807, 2.05) is 6.92 Å². The summed E-state index contributed by atoms with van der Waals surface area (Å²) in [5.41, 5.74) is 0. The van der Waals surface area contributed by atoms with Gasteiger partial charge in [0.2, 0.25) is 5.12 Å². The minimum absolute atomic E-state index is 0.258. The fourth-order valence-electron chi connectivity index (χ4n) is 1.33. The van der Waals surface area contributed by atoms with Crippen LogP contribution in [0.15, 0.2) is 12.2 Å². The Morgan fingerprint density at radius 1 is 1.54 bits per heavy atom. The van der Waals surface area contributed by atoms with Crippen LogP contribution in [0, 0.1) is 5.92 Å². The number of aliphatic hydroxyl groups excluding tert-OH is 1. The van der Waals surface area contributed by atoms with Gasteiger partial charge in [-0.1, -0.05) is 32.8 Å².